The molecule has 0 saturated heterocycles. The summed E-state index contributed by atoms with van der Waals surface area (Å²) >= 11 is 1.45. The Balaban J connectivity index is 1.80. The third-order valence-electron chi connectivity index (χ3n) is 4.23. The number of rotatable bonds is 3. The number of fused-ring (bicyclic) bond motifs is 1. The number of nitrogens with one attached hydrogen (secondary N) is 1. The van der Waals surface area contributed by atoms with Crippen molar-refractivity contribution in [3.8, 4) is 16.9 Å². The van der Waals surface area contributed by atoms with Gasteiger partial charge in [-0.2, -0.15) is 0 Å². The average Bonchev–Trinajstić information content (AvgIpc) is 2.94. The van der Waals surface area contributed by atoms with E-state index in [0.717, 1.165) is 21.6 Å². The molecule has 0 radical (unpaired) electrons. The van der Waals surface area contributed by atoms with Gasteiger partial charge in [0.05, 0.1) is 5.39 Å². The number of hydrogen-bond donors (Lipinski definition) is 2. The first-order valence-electron chi connectivity index (χ1n) is 8.07. The average molecular weight is 366 g/mol. The summed E-state index contributed by atoms with van der Waals surface area (Å²) in [6, 6.07) is 12.9. The first-order chi connectivity index (χ1) is 12.5. The molecule has 26 heavy (non-hydrogen) atoms. The molecule has 0 unspecified atom stereocenters. The van der Waals surface area contributed by atoms with E-state index in [2.05, 4.69) is 9.97 Å². The van der Waals surface area contributed by atoms with Gasteiger partial charge >= 0.3 is 0 Å². The van der Waals surface area contributed by atoms with Crippen LogP contribution in [0, 0.1) is 12.7 Å². The second-order valence-corrected chi connectivity index (χ2v) is 7.28. The Bertz CT molecular complexity index is 1150. The van der Waals surface area contributed by atoms with E-state index in [1.807, 2.05) is 6.92 Å². The molecule has 0 fully saturated rings. The van der Waals surface area contributed by atoms with Gasteiger partial charge in [0.1, 0.15) is 22.2 Å². The quantitative estimate of drug-likeness (QED) is 0.565. The highest BCUT2D eigenvalue weighted by Gasteiger charge is 2.16. The molecule has 0 saturated carbocycles. The van der Waals surface area contributed by atoms with Gasteiger partial charge in [-0.3, -0.25) is 4.79 Å². The summed E-state index contributed by atoms with van der Waals surface area (Å²) in [4.78, 5) is 21.8. The maximum Gasteiger partial charge on any atom is 0.260 e. The van der Waals surface area contributed by atoms with E-state index >= 15 is 0 Å². The number of thiophene rings is 1. The Kier molecular flexibility index (Phi) is 4.05. The highest BCUT2D eigenvalue weighted by Crippen LogP contribution is 2.35. The lowest BCUT2D eigenvalue weighted by Gasteiger charge is -2.04. The van der Waals surface area contributed by atoms with Crippen LogP contribution in [0.1, 0.15) is 16.3 Å². The molecule has 2 N–H and O–H groups in total. The first kappa shape index (κ1) is 16.5. The monoisotopic (exact) mass is 366 g/mol. The van der Waals surface area contributed by atoms with E-state index < -0.39 is 0 Å². The van der Waals surface area contributed by atoms with E-state index in [0.29, 0.717) is 22.5 Å². The van der Waals surface area contributed by atoms with Crippen LogP contribution in [0.5, 0.6) is 5.75 Å². The number of hydrogen-bond acceptors (Lipinski definition) is 4. The maximum absolute atomic E-state index is 13.2. The van der Waals surface area contributed by atoms with Crippen molar-refractivity contribution in [2.45, 2.75) is 13.3 Å². The van der Waals surface area contributed by atoms with Gasteiger partial charge in [-0.1, -0.05) is 24.3 Å². The molecule has 0 aliphatic heterocycles. The van der Waals surface area contributed by atoms with E-state index in [1.54, 1.807) is 36.4 Å². The fourth-order valence-electron chi connectivity index (χ4n) is 3.02. The third-order valence-corrected chi connectivity index (χ3v) is 5.23. The number of aromatic hydroxyl groups is 1. The summed E-state index contributed by atoms with van der Waals surface area (Å²) in [5.41, 5.74) is 2.34. The molecular formula is C20H15FN2O2S. The Morgan fingerprint density at radius 2 is 1.81 bits per heavy atom. The van der Waals surface area contributed by atoms with Crippen molar-refractivity contribution >= 4 is 21.6 Å². The Labute approximate surface area is 152 Å². The van der Waals surface area contributed by atoms with Crippen LogP contribution in [0.2, 0.25) is 0 Å². The van der Waals surface area contributed by atoms with Crippen molar-refractivity contribution < 1.29 is 9.50 Å². The molecule has 4 rings (SSSR count). The molecule has 0 aliphatic rings. The number of phenols is 1. The van der Waals surface area contributed by atoms with Crippen LogP contribution in [0.4, 0.5) is 4.39 Å². The minimum atomic E-state index is -0.311. The zero-order valence-corrected chi connectivity index (χ0v) is 14.7. The number of phenolic OH excluding ortho intramolecular Hbond substituents is 1. The van der Waals surface area contributed by atoms with Crippen LogP contribution >= 0.6 is 11.3 Å². The minimum absolute atomic E-state index is 0.198. The zero-order chi connectivity index (χ0) is 18.3. The lowest BCUT2D eigenvalue weighted by Crippen LogP contribution is -2.11. The van der Waals surface area contributed by atoms with Gasteiger partial charge in [-0.05, 0) is 42.3 Å². The molecule has 130 valence electrons. The van der Waals surface area contributed by atoms with Gasteiger partial charge in [0.2, 0.25) is 0 Å². The maximum atomic E-state index is 13.2. The third kappa shape index (κ3) is 2.99. The summed E-state index contributed by atoms with van der Waals surface area (Å²) < 4.78 is 13.2. The van der Waals surface area contributed by atoms with Crippen molar-refractivity contribution in [1.82, 2.24) is 9.97 Å². The molecule has 0 spiro atoms. The highest BCUT2D eigenvalue weighted by atomic mass is 32.1. The Morgan fingerprint density at radius 1 is 1.12 bits per heavy atom. The van der Waals surface area contributed by atoms with Crippen LogP contribution in [0.25, 0.3) is 21.3 Å². The molecular weight excluding hydrogens is 351 g/mol. The predicted molar refractivity (Wildman–Crippen MR) is 101 cm³/mol. The van der Waals surface area contributed by atoms with Crippen LogP contribution < -0.4 is 5.56 Å². The topological polar surface area (TPSA) is 66.0 Å². The Hall–Kier alpha value is -2.99. The molecule has 0 atom stereocenters. The number of halogens is 1. The van der Waals surface area contributed by atoms with Gasteiger partial charge < -0.3 is 10.1 Å². The zero-order valence-electron chi connectivity index (χ0n) is 13.9. The summed E-state index contributed by atoms with van der Waals surface area (Å²) in [6.07, 6.45) is 0.467. The first-order valence-corrected chi connectivity index (χ1v) is 8.89. The summed E-state index contributed by atoms with van der Waals surface area (Å²) in [6.45, 7) is 1.93. The SMILES string of the molecule is Cc1sc2nc(Cc3ccc(O)cc3)[nH]c(=O)c2c1-c1ccc(F)cc1. The fraction of sp³-hybridized carbons (Fsp3) is 0.100. The predicted octanol–water partition coefficient (Wildman–Crippen LogP) is 4.40. The normalized spacial score (nSPS) is 11.2. The van der Waals surface area contributed by atoms with Gasteiger partial charge in [-0.25, -0.2) is 9.37 Å². The second kappa shape index (κ2) is 6.38. The molecule has 0 amide bonds. The summed E-state index contributed by atoms with van der Waals surface area (Å²) in [5, 5.41) is 9.91. The van der Waals surface area contributed by atoms with Crippen molar-refractivity contribution in [2.24, 2.45) is 0 Å². The van der Waals surface area contributed by atoms with Crippen LogP contribution in [0.15, 0.2) is 53.3 Å². The lowest BCUT2D eigenvalue weighted by atomic mass is 10.0. The molecule has 4 aromatic rings. The summed E-state index contributed by atoms with van der Waals surface area (Å²) in [5.74, 6) is 0.456. The van der Waals surface area contributed by atoms with Gasteiger partial charge in [-0.15, -0.1) is 11.3 Å². The number of aromatic amines is 1. The standard InChI is InChI=1S/C20H15FN2O2S/c1-11-17(13-4-6-14(21)7-5-13)18-19(25)22-16(23-20(18)26-11)10-12-2-8-15(24)9-3-12/h2-9,24H,10H2,1H3,(H,22,23,25). The van der Waals surface area contributed by atoms with Crippen molar-refractivity contribution in [3.63, 3.8) is 0 Å². The van der Waals surface area contributed by atoms with Crippen molar-refractivity contribution in [1.29, 1.82) is 0 Å². The Morgan fingerprint density at radius 3 is 2.50 bits per heavy atom. The number of aryl methyl sites for hydroxylation is 1. The number of benzene rings is 2. The smallest absolute Gasteiger partial charge is 0.260 e. The largest absolute Gasteiger partial charge is 0.508 e. The number of aromatic nitrogens is 2. The van der Waals surface area contributed by atoms with E-state index in [4.69, 9.17) is 0 Å². The molecule has 2 aromatic carbocycles. The lowest BCUT2D eigenvalue weighted by molar-refractivity contribution is 0.475. The van der Waals surface area contributed by atoms with Crippen LogP contribution in [-0.4, -0.2) is 15.1 Å². The molecule has 0 bridgehead atoms. The van der Waals surface area contributed by atoms with E-state index in [9.17, 15) is 14.3 Å². The van der Waals surface area contributed by atoms with E-state index in [-0.39, 0.29) is 17.1 Å². The summed E-state index contributed by atoms with van der Waals surface area (Å²) in [7, 11) is 0. The number of nitrogens with zero attached hydrogens (tertiary/aromatic N) is 1. The van der Waals surface area contributed by atoms with Gasteiger partial charge in [0.15, 0.2) is 0 Å². The minimum Gasteiger partial charge on any atom is -0.508 e. The van der Waals surface area contributed by atoms with Crippen LogP contribution in [0.3, 0.4) is 0 Å². The molecule has 0 aliphatic carbocycles. The van der Waals surface area contributed by atoms with Gasteiger partial charge in [0.25, 0.3) is 5.56 Å². The molecule has 4 nitrogen and oxygen atoms in total. The van der Waals surface area contributed by atoms with E-state index in [1.165, 1.54) is 23.5 Å². The molecule has 2 aromatic heterocycles. The van der Waals surface area contributed by atoms with Crippen molar-refractivity contribution in [2.75, 3.05) is 0 Å². The van der Waals surface area contributed by atoms with Gasteiger partial charge in [0, 0.05) is 16.9 Å². The number of H-pyrrole nitrogens is 1. The molecule has 2 heterocycles. The fourth-order valence-corrected chi connectivity index (χ4v) is 4.08. The molecule has 6 heteroatoms. The second-order valence-electron chi connectivity index (χ2n) is 6.08. The van der Waals surface area contributed by atoms with Crippen molar-refractivity contribution in [3.05, 3.63) is 81.0 Å². The van der Waals surface area contributed by atoms with Crippen LogP contribution in [-0.2, 0) is 6.42 Å². The highest BCUT2D eigenvalue weighted by molar-refractivity contribution is 7.19.